The molecule has 0 bridgehead atoms. The van der Waals surface area contributed by atoms with Crippen molar-refractivity contribution in [3.8, 4) is 0 Å². The maximum Gasteiger partial charge on any atom is 0.156 e. The van der Waals surface area contributed by atoms with Crippen molar-refractivity contribution in [3.63, 3.8) is 0 Å². The number of aromatic nitrogens is 1. The summed E-state index contributed by atoms with van der Waals surface area (Å²) in [7, 11) is 2.20. The van der Waals surface area contributed by atoms with E-state index in [0.717, 1.165) is 16.6 Å². The molecule has 0 aliphatic rings. The maximum atomic E-state index is 4.28. The van der Waals surface area contributed by atoms with Gasteiger partial charge >= 0.3 is 0 Å². The van der Waals surface area contributed by atoms with Gasteiger partial charge < -0.3 is 0 Å². The van der Waals surface area contributed by atoms with Gasteiger partial charge in [0.05, 0.1) is 19.8 Å². The number of quaternary nitrogens is 1. The molecule has 1 atom stereocenters. The molecule has 0 aromatic carbocycles. The van der Waals surface area contributed by atoms with Crippen molar-refractivity contribution in [1.29, 1.82) is 0 Å². The molecular weight excluding hydrogens is 208 g/mol. The molecule has 0 aliphatic heterocycles. The summed E-state index contributed by atoms with van der Waals surface area (Å²) in [4.78, 5) is 4.28. The Labute approximate surface area is 105 Å². The fraction of sp³-hybridized carbons (Fsp3) is 0.400. The first-order valence-electron chi connectivity index (χ1n) is 6.02. The van der Waals surface area contributed by atoms with Crippen LogP contribution in [0.3, 0.4) is 0 Å². The van der Waals surface area contributed by atoms with Crippen molar-refractivity contribution in [2.75, 3.05) is 13.6 Å². The van der Waals surface area contributed by atoms with Crippen LogP contribution in [-0.2, 0) is 0 Å². The van der Waals surface area contributed by atoms with E-state index in [2.05, 4.69) is 51.6 Å². The third-order valence-electron chi connectivity index (χ3n) is 3.26. The van der Waals surface area contributed by atoms with Gasteiger partial charge in [0.2, 0.25) is 0 Å². The Bertz CT molecular complexity index is 446. The highest BCUT2D eigenvalue weighted by Gasteiger charge is 2.21. The molecule has 0 fully saturated rings. The third-order valence-corrected chi connectivity index (χ3v) is 3.26. The maximum absolute atomic E-state index is 4.28. The number of hydrogen-bond donors (Lipinski definition) is 0. The van der Waals surface area contributed by atoms with Crippen molar-refractivity contribution in [2.24, 2.45) is 0 Å². The van der Waals surface area contributed by atoms with E-state index in [0.29, 0.717) is 0 Å². The van der Waals surface area contributed by atoms with Gasteiger partial charge in [-0.15, -0.1) is 0 Å². The van der Waals surface area contributed by atoms with Gasteiger partial charge in [-0.25, -0.2) is 0 Å². The van der Waals surface area contributed by atoms with Crippen molar-refractivity contribution in [3.05, 3.63) is 47.9 Å². The molecule has 0 amide bonds. The average Bonchev–Trinajstić information content (AvgIpc) is 2.28. The average molecular weight is 231 g/mol. The van der Waals surface area contributed by atoms with E-state index in [1.165, 1.54) is 16.8 Å². The smallest absolute Gasteiger partial charge is 0.156 e. The zero-order valence-corrected chi connectivity index (χ0v) is 11.6. The van der Waals surface area contributed by atoms with Gasteiger partial charge in [-0.3, -0.25) is 9.47 Å². The second kappa shape index (κ2) is 5.28. The minimum Gasteiger partial charge on any atom is -0.266 e. The van der Waals surface area contributed by atoms with Crippen LogP contribution in [0.15, 0.2) is 42.4 Å². The summed E-state index contributed by atoms with van der Waals surface area (Å²) in [5.74, 6) is 0. The topological polar surface area (TPSA) is 12.9 Å². The SMILES string of the molecule is C=C(C)/C(C)=C\[N+](C)(CC)c1cncc(C)c1. The largest absolute Gasteiger partial charge is 0.266 e. The Kier molecular flexibility index (Phi) is 4.24. The Morgan fingerprint density at radius 3 is 2.53 bits per heavy atom. The van der Waals surface area contributed by atoms with Gasteiger partial charge in [-0.1, -0.05) is 12.2 Å². The lowest BCUT2D eigenvalue weighted by Crippen LogP contribution is -2.39. The molecular formula is C15H23N2+. The first-order chi connectivity index (χ1) is 7.89. The lowest BCUT2D eigenvalue weighted by Gasteiger charge is -2.29. The van der Waals surface area contributed by atoms with E-state index in [4.69, 9.17) is 0 Å². The summed E-state index contributed by atoms with van der Waals surface area (Å²) >= 11 is 0. The number of nitrogens with zero attached hydrogens (tertiary/aromatic N) is 2. The van der Waals surface area contributed by atoms with E-state index >= 15 is 0 Å². The van der Waals surface area contributed by atoms with Gasteiger partial charge in [0.25, 0.3) is 0 Å². The van der Waals surface area contributed by atoms with Crippen molar-refractivity contribution in [2.45, 2.75) is 27.7 Å². The molecule has 92 valence electrons. The monoisotopic (exact) mass is 231 g/mol. The van der Waals surface area contributed by atoms with Gasteiger partial charge in [0.1, 0.15) is 6.20 Å². The summed E-state index contributed by atoms with van der Waals surface area (Å²) in [6.07, 6.45) is 6.08. The molecule has 2 nitrogen and oxygen atoms in total. The predicted molar refractivity (Wildman–Crippen MR) is 75.8 cm³/mol. The predicted octanol–water partition coefficient (Wildman–Crippen LogP) is 3.83. The molecule has 2 heteroatoms. The summed E-state index contributed by atoms with van der Waals surface area (Å²) in [6, 6.07) is 2.19. The summed E-state index contributed by atoms with van der Waals surface area (Å²) in [5.41, 5.74) is 4.76. The molecule has 0 saturated heterocycles. The fourth-order valence-corrected chi connectivity index (χ4v) is 1.70. The molecule has 1 aromatic rings. The number of allylic oxidation sites excluding steroid dienone is 2. The van der Waals surface area contributed by atoms with Crippen molar-refractivity contribution < 1.29 is 0 Å². The standard InChI is InChI=1S/C15H23N2/c1-7-17(6,11-14(5)12(2)3)15-8-13(4)9-16-10-15/h8-11H,2,7H2,1,3-6H3/q+1/b14-11-. The van der Waals surface area contributed by atoms with Crippen LogP contribution >= 0.6 is 0 Å². The van der Waals surface area contributed by atoms with E-state index < -0.39 is 0 Å². The van der Waals surface area contributed by atoms with Crippen LogP contribution < -0.4 is 4.48 Å². The van der Waals surface area contributed by atoms with Gasteiger partial charge in [-0.2, -0.15) is 0 Å². The molecule has 0 aliphatic carbocycles. The molecule has 0 spiro atoms. The quantitative estimate of drug-likeness (QED) is 0.567. The van der Waals surface area contributed by atoms with Crippen LogP contribution in [0.2, 0.25) is 0 Å². The van der Waals surface area contributed by atoms with Crippen LogP contribution in [0.5, 0.6) is 0 Å². The zero-order valence-electron chi connectivity index (χ0n) is 11.6. The second-order valence-electron chi connectivity index (χ2n) is 4.90. The van der Waals surface area contributed by atoms with Crippen LogP contribution in [-0.4, -0.2) is 18.6 Å². The van der Waals surface area contributed by atoms with E-state index in [1.54, 1.807) is 0 Å². The Morgan fingerprint density at radius 1 is 1.41 bits per heavy atom. The molecule has 0 saturated carbocycles. The highest BCUT2D eigenvalue weighted by atomic mass is 15.3. The van der Waals surface area contributed by atoms with Gasteiger partial charge in [0, 0.05) is 17.8 Å². The molecule has 0 N–H and O–H groups in total. The number of hydrogen-bond acceptors (Lipinski definition) is 1. The second-order valence-corrected chi connectivity index (χ2v) is 4.90. The van der Waals surface area contributed by atoms with Crippen LogP contribution in [0.1, 0.15) is 26.3 Å². The van der Waals surface area contributed by atoms with E-state index in [-0.39, 0.29) is 0 Å². The van der Waals surface area contributed by atoms with E-state index in [9.17, 15) is 0 Å². The number of pyridine rings is 1. The summed E-state index contributed by atoms with van der Waals surface area (Å²) in [6.45, 7) is 13.4. The number of aryl methyl sites for hydroxylation is 1. The zero-order chi connectivity index (χ0) is 13.1. The molecule has 1 rings (SSSR count). The fourth-order valence-electron chi connectivity index (χ4n) is 1.70. The summed E-state index contributed by atoms with van der Waals surface area (Å²) < 4.78 is 0.757. The first kappa shape index (κ1) is 13.7. The first-order valence-corrected chi connectivity index (χ1v) is 6.02. The molecule has 1 aromatic heterocycles. The van der Waals surface area contributed by atoms with Crippen molar-refractivity contribution in [1.82, 2.24) is 9.47 Å². The Morgan fingerprint density at radius 2 is 2.06 bits per heavy atom. The lowest BCUT2D eigenvalue weighted by molar-refractivity contribution is 0.463. The van der Waals surface area contributed by atoms with E-state index in [1.807, 2.05) is 19.3 Å². The molecule has 0 radical (unpaired) electrons. The molecule has 17 heavy (non-hydrogen) atoms. The van der Waals surface area contributed by atoms with Gasteiger partial charge in [-0.05, 0) is 33.3 Å². The highest BCUT2D eigenvalue weighted by molar-refractivity contribution is 5.45. The third kappa shape index (κ3) is 3.27. The van der Waals surface area contributed by atoms with Crippen molar-refractivity contribution >= 4 is 5.69 Å². The Hall–Kier alpha value is -1.41. The number of rotatable bonds is 4. The summed E-state index contributed by atoms with van der Waals surface area (Å²) in [5, 5.41) is 0. The highest BCUT2D eigenvalue weighted by Crippen LogP contribution is 2.23. The minimum absolute atomic E-state index is 0.757. The van der Waals surface area contributed by atoms with Crippen LogP contribution in [0.4, 0.5) is 5.69 Å². The molecule has 1 heterocycles. The van der Waals surface area contributed by atoms with Gasteiger partial charge in [0.15, 0.2) is 5.69 Å². The normalized spacial score (nSPS) is 15.5. The molecule has 1 unspecified atom stereocenters. The Balaban J connectivity index is 3.21. The van der Waals surface area contributed by atoms with Crippen LogP contribution in [0.25, 0.3) is 0 Å². The lowest BCUT2D eigenvalue weighted by atomic mass is 10.1. The van der Waals surface area contributed by atoms with Crippen LogP contribution in [0, 0.1) is 6.92 Å². The minimum atomic E-state index is 0.757.